The predicted octanol–water partition coefficient (Wildman–Crippen LogP) is 2.21. The van der Waals surface area contributed by atoms with Crippen LogP contribution in [0.25, 0.3) is 0 Å². The third-order valence-electron chi connectivity index (χ3n) is 3.64. The van der Waals surface area contributed by atoms with Crippen molar-refractivity contribution in [3.05, 3.63) is 21.9 Å². The van der Waals surface area contributed by atoms with Crippen LogP contribution in [0, 0.1) is 0 Å². The van der Waals surface area contributed by atoms with Crippen LogP contribution in [0.4, 0.5) is 0 Å². The molecule has 0 unspecified atom stereocenters. The maximum absolute atomic E-state index is 11.8. The molecule has 0 amide bonds. The summed E-state index contributed by atoms with van der Waals surface area (Å²) in [6.07, 6.45) is 1.23. The Morgan fingerprint density at radius 3 is 2.39 bits per heavy atom. The SMILES string of the molecule is CCNC(=NCc1cc(Cl)c(Cl)n1C)NCC(C)(C)S(C)(=O)=O. The van der Waals surface area contributed by atoms with Crippen LogP contribution in [0.3, 0.4) is 0 Å². The molecule has 1 aromatic rings. The number of hydrogen-bond acceptors (Lipinski definition) is 3. The third kappa shape index (κ3) is 5.29. The van der Waals surface area contributed by atoms with E-state index in [0.29, 0.717) is 29.2 Å². The number of rotatable bonds is 6. The summed E-state index contributed by atoms with van der Waals surface area (Å²) in [5, 5.41) is 7.10. The molecular formula is C14H24Cl2N4O2S. The Morgan fingerprint density at radius 1 is 1.35 bits per heavy atom. The molecule has 0 atom stereocenters. The lowest BCUT2D eigenvalue weighted by molar-refractivity contribution is 0.544. The van der Waals surface area contributed by atoms with Crippen LogP contribution in [0.1, 0.15) is 26.5 Å². The van der Waals surface area contributed by atoms with Crippen molar-refractivity contribution in [1.29, 1.82) is 0 Å². The van der Waals surface area contributed by atoms with Gasteiger partial charge in [0.1, 0.15) is 5.15 Å². The molecule has 0 aliphatic carbocycles. The molecule has 0 radical (unpaired) electrons. The summed E-state index contributed by atoms with van der Waals surface area (Å²) < 4.78 is 24.4. The predicted molar refractivity (Wildman–Crippen MR) is 97.2 cm³/mol. The minimum absolute atomic E-state index is 0.256. The molecule has 0 spiro atoms. The standard InChI is InChI=1S/C14H24Cl2N4O2S/c1-6-17-13(19-9-14(2,3)23(5,21)22)18-8-10-7-11(15)12(16)20(10)4/h7H,6,8-9H2,1-5H3,(H2,17,18,19). The molecule has 0 saturated heterocycles. The summed E-state index contributed by atoms with van der Waals surface area (Å²) in [6.45, 7) is 6.59. The van der Waals surface area contributed by atoms with E-state index in [1.54, 1.807) is 24.5 Å². The van der Waals surface area contributed by atoms with Gasteiger partial charge in [-0.1, -0.05) is 23.2 Å². The van der Waals surface area contributed by atoms with E-state index in [4.69, 9.17) is 23.2 Å². The maximum atomic E-state index is 11.8. The average molecular weight is 383 g/mol. The van der Waals surface area contributed by atoms with Crippen molar-refractivity contribution in [2.75, 3.05) is 19.3 Å². The Labute approximate surface area is 148 Å². The molecule has 0 saturated carbocycles. The molecule has 0 fully saturated rings. The molecular weight excluding hydrogens is 359 g/mol. The number of aromatic nitrogens is 1. The normalized spacial score (nSPS) is 13.3. The van der Waals surface area contributed by atoms with E-state index in [0.717, 1.165) is 5.69 Å². The first kappa shape index (κ1) is 20.1. The first-order valence-corrected chi connectivity index (χ1v) is 9.85. The number of hydrogen-bond donors (Lipinski definition) is 2. The van der Waals surface area contributed by atoms with Crippen LogP contribution in [-0.2, 0) is 23.4 Å². The zero-order valence-corrected chi connectivity index (χ0v) is 16.4. The summed E-state index contributed by atoms with van der Waals surface area (Å²) in [4.78, 5) is 4.45. The number of guanidine groups is 1. The van der Waals surface area contributed by atoms with Gasteiger partial charge in [-0.3, -0.25) is 0 Å². The van der Waals surface area contributed by atoms with Crippen molar-refractivity contribution in [2.24, 2.45) is 12.0 Å². The maximum Gasteiger partial charge on any atom is 0.191 e. The van der Waals surface area contributed by atoms with Gasteiger partial charge < -0.3 is 15.2 Å². The van der Waals surface area contributed by atoms with Crippen molar-refractivity contribution in [3.63, 3.8) is 0 Å². The third-order valence-corrected chi connectivity index (χ3v) is 6.64. The van der Waals surface area contributed by atoms with Crippen LogP contribution in [0.5, 0.6) is 0 Å². The highest BCUT2D eigenvalue weighted by molar-refractivity contribution is 7.92. The summed E-state index contributed by atoms with van der Waals surface area (Å²) in [5.74, 6) is 0.540. The van der Waals surface area contributed by atoms with Gasteiger partial charge in [-0.15, -0.1) is 0 Å². The van der Waals surface area contributed by atoms with Crippen molar-refractivity contribution in [3.8, 4) is 0 Å². The second kappa shape index (κ2) is 7.77. The highest BCUT2D eigenvalue weighted by Gasteiger charge is 2.30. The molecule has 0 aliphatic heterocycles. The van der Waals surface area contributed by atoms with Gasteiger partial charge in [-0.2, -0.15) is 0 Å². The molecule has 6 nitrogen and oxygen atoms in total. The summed E-state index contributed by atoms with van der Waals surface area (Å²) in [6, 6.07) is 1.76. The van der Waals surface area contributed by atoms with Gasteiger partial charge in [0.2, 0.25) is 0 Å². The number of nitrogens with zero attached hydrogens (tertiary/aromatic N) is 2. The zero-order chi connectivity index (χ0) is 17.8. The minimum Gasteiger partial charge on any atom is -0.357 e. The molecule has 0 aliphatic rings. The van der Waals surface area contributed by atoms with E-state index in [2.05, 4.69) is 15.6 Å². The summed E-state index contributed by atoms with van der Waals surface area (Å²) >= 11 is 12.0. The van der Waals surface area contributed by atoms with E-state index in [9.17, 15) is 8.42 Å². The van der Waals surface area contributed by atoms with Gasteiger partial charge >= 0.3 is 0 Å². The van der Waals surface area contributed by atoms with E-state index in [1.165, 1.54) is 6.26 Å². The van der Waals surface area contributed by atoms with Crippen molar-refractivity contribution in [2.45, 2.75) is 32.1 Å². The molecule has 1 rings (SSSR count). The zero-order valence-electron chi connectivity index (χ0n) is 14.1. The van der Waals surface area contributed by atoms with E-state index in [1.807, 2.05) is 14.0 Å². The van der Waals surface area contributed by atoms with Crippen molar-refractivity contribution >= 4 is 39.0 Å². The number of sulfone groups is 1. The molecule has 0 bridgehead atoms. The Hall–Kier alpha value is -0.920. The lowest BCUT2D eigenvalue weighted by atomic mass is 10.2. The summed E-state index contributed by atoms with van der Waals surface area (Å²) in [5.41, 5.74) is 0.861. The molecule has 2 N–H and O–H groups in total. The van der Waals surface area contributed by atoms with Crippen molar-refractivity contribution < 1.29 is 8.42 Å². The van der Waals surface area contributed by atoms with Crippen molar-refractivity contribution in [1.82, 2.24) is 15.2 Å². The number of nitrogens with one attached hydrogen (secondary N) is 2. The quantitative estimate of drug-likeness (QED) is 0.584. The topological polar surface area (TPSA) is 75.5 Å². The van der Waals surface area contributed by atoms with Crippen LogP contribution >= 0.6 is 23.2 Å². The molecule has 1 aromatic heterocycles. The van der Waals surface area contributed by atoms with Crippen LogP contribution in [0.15, 0.2) is 11.1 Å². The fourth-order valence-corrected chi connectivity index (χ4v) is 2.42. The average Bonchev–Trinajstić information content (AvgIpc) is 2.68. The fourth-order valence-electron chi connectivity index (χ4n) is 1.67. The first-order chi connectivity index (χ1) is 10.5. The Balaban J connectivity index is 2.84. The molecule has 23 heavy (non-hydrogen) atoms. The highest BCUT2D eigenvalue weighted by Crippen LogP contribution is 2.25. The molecule has 1 heterocycles. The molecule has 9 heteroatoms. The van der Waals surface area contributed by atoms with Crippen LogP contribution in [-0.4, -0.2) is 43.0 Å². The lowest BCUT2D eigenvalue weighted by Crippen LogP contribution is -2.47. The smallest absolute Gasteiger partial charge is 0.191 e. The number of aliphatic imine (C=N–C) groups is 1. The monoisotopic (exact) mass is 382 g/mol. The second-order valence-electron chi connectivity index (χ2n) is 5.91. The van der Waals surface area contributed by atoms with Gasteiger partial charge in [0, 0.05) is 32.1 Å². The van der Waals surface area contributed by atoms with Crippen LogP contribution < -0.4 is 10.6 Å². The van der Waals surface area contributed by atoms with Crippen LogP contribution in [0.2, 0.25) is 10.2 Å². The summed E-state index contributed by atoms with van der Waals surface area (Å²) in [7, 11) is -1.36. The van der Waals surface area contributed by atoms with Gasteiger partial charge in [0.15, 0.2) is 15.8 Å². The minimum atomic E-state index is -3.17. The Bertz CT molecular complexity index is 681. The van der Waals surface area contributed by atoms with Gasteiger partial charge in [-0.25, -0.2) is 13.4 Å². The van der Waals surface area contributed by atoms with Gasteiger partial charge in [0.05, 0.1) is 16.3 Å². The lowest BCUT2D eigenvalue weighted by Gasteiger charge is -2.24. The molecule has 132 valence electrons. The second-order valence-corrected chi connectivity index (χ2v) is 9.33. The largest absolute Gasteiger partial charge is 0.357 e. The van der Waals surface area contributed by atoms with E-state index in [-0.39, 0.29) is 6.54 Å². The van der Waals surface area contributed by atoms with Gasteiger partial charge in [0.25, 0.3) is 0 Å². The number of halogens is 2. The Morgan fingerprint density at radius 2 is 1.96 bits per heavy atom. The Kier molecular flexibility index (Phi) is 6.80. The first-order valence-electron chi connectivity index (χ1n) is 7.21. The van der Waals surface area contributed by atoms with E-state index < -0.39 is 14.6 Å². The molecule has 0 aromatic carbocycles. The van der Waals surface area contributed by atoms with E-state index >= 15 is 0 Å². The highest BCUT2D eigenvalue weighted by atomic mass is 35.5. The van der Waals surface area contributed by atoms with Gasteiger partial charge in [-0.05, 0) is 26.8 Å². The fraction of sp³-hybridized carbons (Fsp3) is 0.643.